The molecule has 23 heavy (non-hydrogen) atoms. The van der Waals surface area contributed by atoms with Gasteiger partial charge in [0.25, 0.3) is 0 Å². The summed E-state index contributed by atoms with van der Waals surface area (Å²) < 4.78 is 34.1. The number of rotatable bonds is 9. The van der Waals surface area contributed by atoms with E-state index in [0.717, 1.165) is 10.5 Å². The minimum atomic E-state index is -0.469. The van der Waals surface area contributed by atoms with Crippen LogP contribution in [-0.4, -0.2) is 46.4 Å². The van der Waals surface area contributed by atoms with E-state index >= 15 is 0 Å². The quantitative estimate of drug-likeness (QED) is 0.646. The Balaban J connectivity index is 1.95. The van der Waals surface area contributed by atoms with E-state index in [0.29, 0.717) is 5.75 Å². The standard InChI is InChI=1S/C16H20FNO4S/c1-19-10-21-15-7-14(8-18-16(15)22-11-20-2)23-9-12-4-3-5-13(17)6-12/h3-8,15-16H,9-11H2,1-2H3. The zero-order valence-corrected chi connectivity index (χ0v) is 13.9. The third kappa shape index (κ3) is 6.04. The van der Waals surface area contributed by atoms with E-state index in [-0.39, 0.29) is 25.5 Å². The van der Waals surface area contributed by atoms with Gasteiger partial charge in [-0.05, 0) is 23.8 Å². The van der Waals surface area contributed by atoms with Crippen LogP contribution in [0.3, 0.4) is 0 Å². The van der Waals surface area contributed by atoms with Crippen molar-refractivity contribution in [3.05, 3.63) is 46.6 Å². The minimum absolute atomic E-state index is 0.133. The molecule has 0 bridgehead atoms. The van der Waals surface area contributed by atoms with E-state index in [1.807, 2.05) is 12.1 Å². The Morgan fingerprint density at radius 2 is 1.96 bits per heavy atom. The number of allylic oxidation sites excluding steroid dienone is 1. The second-order valence-electron chi connectivity index (χ2n) is 4.77. The van der Waals surface area contributed by atoms with Crippen molar-refractivity contribution in [1.82, 2.24) is 0 Å². The highest BCUT2D eigenvalue weighted by Crippen LogP contribution is 2.25. The van der Waals surface area contributed by atoms with Gasteiger partial charge in [-0.25, -0.2) is 4.39 Å². The van der Waals surface area contributed by atoms with Crippen LogP contribution in [-0.2, 0) is 24.7 Å². The Bertz CT molecular complexity index is 553. The van der Waals surface area contributed by atoms with Crippen molar-refractivity contribution in [3.63, 3.8) is 0 Å². The van der Waals surface area contributed by atoms with E-state index < -0.39 is 6.23 Å². The summed E-state index contributed by atoms with van der Waals surface area (Å²) in [7, 11) is 3.11. The molecule has 1 aliphatic rings. The van der Waals surface area contributed by atoms with Crippen molar-refractivity contribution in [3.8, 4) is 0 Å². The molecule has 1 aromatic carbocycles. The summed E-state index contributed by atoms with van der Waals surface area (Å²) in [5.74, 6) is 0.416. The molecular weight excluding hydrogens is 321 g/mol. The number of hydrogen-bond acceptors (Lipinski definition) is 6. The number of benzene rings is 1. The summed E-state index contributed by atoms with van der Waals surface area (Å²) in [6.45, 7) is 0.278. The molecule has 0 spiro atoms. The molecule has 7 heteroatoms. The van der Waals surface area contributed by atoms with Gasteiger partial charge in [0.15, 0.2) is 6.23 Å². The lowest BCUT2D eigenvalue weighted by atomic mass is 10.2. The molecule has 0 saturated heterocycles. The predicted octanol–water partition coefficient (Wildman–Crippen LogP) is 2.96. The van der Waals surface area contributed by atoms with Crippen LogP contribution in [0.2, 0.25) is 0 Å². The molecule has 0 amide bonds. The fourth-order valence-corrected chi connectivity index (χ4v) is 2.83. The van der Waals surface area contributed by atoms with Gasteiger partial charge in [-0.15, -0.1) is 11.8 Å². The van der Waals surface area contributed by atoms with Gasteiger partial charge in [-0.1, -0.05) is 12.1 Å². The van der Waals surface area contributed by atoms with E-state index in [4.69, 9.17) is 18.9 Å². The smallest absolute Gasteiger partial charge is 0.180 e. The van der Waals surface area contributed by atoms with E-state index in [1.54, 1.807) is 38.3 Å². The monoisotopic (exact) mass is 341 g/mol. The van der Waals surface area contributed by atoms with E-state index in [9.17, 15) is 4.39 Å². The molecule has 0 saturated carbocycles. The maximum Gasteiger partial charge on any atom is 0.180 e. The summed E-state index contributed by atoms with van der Waals surface area (Å²) in [5, 5.41) is 0. The van der Waals surface area contributed by atoms with Crippen molar-refractivity contribution in [1.29, 1.82) is 0 Å². The lowest BCUT2D eigenvalue weighted by Gasteiger charge is -2.25. The minimum Gasteiger partial charge on any atom is -0.359 e. The van der Waals surface area contributed by atoms with Gasteiger partial charge in [-0.2, -0.15) is 0 Å². The maximum absolute atomic E-state index is 13.2. The van der Waals surface area contributed by atoms with Crippen LogP contribution in [0.5, 0.6) is 0 Å². The maximum atomic E-state index is 13.2. The number of aliphatic imine (C=N–C) groups is 1. The number of ether oxygens (including phenoxy) is 4. The highest BCUT2D eigenvalue weighted by molar-refractivity contribution is 8.03. The number of nitrogens with zero attached hydrogens (tertiary/aromatic N) is 1. The average Bonchev–Trinajstić information content (AvgIpc) is 2.57. The largest absolute Gasteiger partial charge is 0.359 e. The molecule has 0 fully saturated rings. The Kier molecular flexibility index (Phi) is 7.70. The SMILES string of the molecule is COCOC1C=C(SCc2cccc(F)c2)C=NC1OCOC. The zero-order valence-electron chi connectivity index (χ0n) is 13.1. The zero-order chi connectivity index (χ0) is 16.5. The number of halogens is 1. The van der Waals surface area contributed by atoms with E-state index in [2.05, 4.69) is 4.99 Å². The summed E-state index contributed by atoms with van der Waals surface area (Å²) in [5.41, 5.74) is 0.913. The molecular formula is C16H20FNO4S. The molecule has 2 rings (SSSR count). The summed E-state index contributed by atoms with van der Waals surface area (Å²) in [6.07, 6.45) is 2.83. The van der Waals surface area contributed by atoms with Crippen LogP contribution in [0.15, 0.2) is 40.2 Å². The lowest BCUT2D eigenvalue weighted by Crippen LogP contribution is -2.32. The third-order valence-corrected chi connectivity index (χ3v) is 4.04. The molecule has 1 heterocycles. The summed E-state index contributed by atoms with van der Waals surface area (Å²) in [6, 6.07) is 6.55. The van der Waals surface area contributed by atoms with Crippen molar-refractivity contribution in [2.45, 2.75) is 18.1 Å². The number of methoxy groups -OCH3 is 2. The van der Waals surface area contributed by atoms with Gasteiger partial charge in [-0.3, -0.25) is 4.99 Å². The number of dihydropyridines is 1. The highest BCUT2D eigenvalue weighted by atomic mass is 32.2. The molecule has 2 unspecified atom stereocenters. The van der Waals surface area contributed by atoms with E-state index in [1.165, 1.54) is 12.1 Å². The second-order valence-corrected chi connectivity index (χ2v) is 5.82. The fraction of sp³-hybridized carbons (Fsp3) is 0.438. The van der Waals surface area contributed by atoms with Crippen molar-refractivity contribution >= 4 is 18.0 Å². The lowest BCUT2D eigenvalue weighted by molar-refractivity contribution is -0.140. The normalized spacial score (nSPS) is 20.6. The topological polar surface area (TPSA) is 49.3 Å². The first-order chi connectivity index (χ1) is 11.2. The fourth-order valence-electron chi connectivity index (χ4n) is 1.95. The molecule has 126 valence electrons. The Morgan fingerprint density at radius 3 is 2.70 bits per heavy atom. The first-order valence-electron chi connectivity index (χ1n) is 7.06. The number of hydrogen-bond donors (Lipinski definition) is 0. The average molecular weight is 341 g/mol. The Hall–Kier alpha value is -1.25. The van der Waals surface area contributed by atoms with Crippen molar-refractivity contribution < 1.29 is 23.3 Å². The van der Waals surface area contributed by atoms with Gasteiger partial charge < -0.3 is 18.9 Å². The van der Waals surface area contributed by atoms with Crippen LogP contribution in [0.25, 0.3) is 0 Å². The second kappa shape index (κ2) is 9.79. The molecule has 2 atom stereocenters. The first-order valence-corrected chi connectivity index (χ1v) is 8.05. The van der Waals surface area contributed by atoms with Crippen molar-refractivity contribution in [2.75, 3.05) is 27.8 Å². The van der Waals surface area contributed by atoms with Crippen molar-refractivity contribution in [2.24, 2.45) is 4.99 Å². The van der Waals surface area contributed by atoms with Gasteiger partial charge in [0.2, 0.25) is 0 Å². The molecule has 0 radical (unpaired) electrons. The molecule has 0 aromatic heterocycles. The van der Waals surface area contributed by atoms with Crippen LogP contribution in [0.4, 0.5) is 4.39 Å². The van der Waals surface area contributed by atoms with Gasteiger partial charge in [0.05, 0.1) is 0 Å². The highest BCUT2D eigenvalue weighted by Gasteiger charge is 2.24. The van der Waals surface area contributed by atoms with Crippen LogP contribution in [0.1, 0.15) is 5.56 Å². The third-order valence-electron chi connectivity index (χ3n) is 2.99. The Labute approximate surface area is 139 Å². The van der Waals surface area contributed by atoms with Gasteiger partial charge in [0.1, 0.15) is 25.5 Å². The molecule has 0 aliphatic carbocycles. The van der Waals surface area contributed by atoms with Gasteiger partial charge >= 0.3 is 0 Å². The van der Waals surface area contributed by atoms with Gasteiger partial charge in [0, 0.05) is 31.1 Å². The molecule has 0 N–H and O–H groups in total. The Morgan fingerprint density at radius 1 is 1.17 bits per heavy atom. The first kappa shape index (κ1) is 18.1. The summed E-state index contributed by atoms with van der Waals surface area (Å²) >= 11 is 1.56. The molecule has 1 aromatic rings. The van der Waals surface area contributed by atoms with Crippen LogP contribution >= 0.6 is 11.8 Å². The molecule has 1 aliphatic heterocycles. The molecule has 5 nitrogen and oxygen atoms in total. The van der Waals surface area contributed by atoms with Crippen LogP contribution in [0, 0.1) is 5.82 Å². The number of thioether (sulfide) groups is 1. The summed E-state index contributed by atoms with van der Waals surface area (Å²) in [4.78, 5) is 5.28. The van der Waals surface area contributed by atoms with Crippen LogP contribution < -0.4 is 0 Å². The predicted molar refractivity (Wildman–Crippen MR) is 87.8 cm³/mol.